The molecule has 0 spiro atoms. The van der Waals surface area contributed by atoms with Crippen LogP contribution in [0.4, 0.5) is 0 Å². The number of hydrogen-bond donors (Lipinski definition) is 0. The number of ketones is 1. The first-order chi connectivity index (χ1) is 8.65. The van der Waals surface area contributed by atoms with Crippen molar-refractivity contribution in [3.8, 4) is 0 Å². The molecular weight excluding hydrogens is 232 g/mol. The summed E-state index contributed by atoms with van der Waals surface area (Å²) < 4.78 is 10.3. The second-order valence-corrected chi connectivity index (χ2v) is 4.26. The van der Waals surface area contributed by atoms with Crippen LogP contribution >= 0.6 is 0 Å². The largest absolute Gasteiger partial charge is 0.464 e. The lowest BCUT2D eigenvalue weighted by molar-refractivity contribution is -0.157. The number of benzene rings is 1. The van der Waals surface area contributed by atoms with Gasteiger partial charge in [0.15, 0.2) is 5.78 Å². The van der Waals surface area contributed by atoms with Gasteiger partial charge in [-0.3, -0.25) is 4.79 Å². The van der Waals surface area contributed by atoms with Gasteiger partial charge < -0.3 is 9.47 Å². The molecule has 1 fully saturated rings. The lowest BCUT2D eigenvalue weighted by atomic mass is 9.90. The Labute approximate surface area is 106 Å². The third-order valence-corrected chi connectivity index (χ3v) is 3.04. The van der Waals surface area contributed by atoms with Crippen LogP contribution in [0.5, 0.6) is 0 Å². The first-order valence-corrected chi connectivity index (χ1v) is 6.06. The van der Waals surface area contributed by atoms with Crippen LogP contribution in [0.1, 0.15) is 25.3 Å². The topological polar surface area (TPSA) is 52.6 Å². The molecule has 0 amide bonds. The molecule has 96 valence electrons. The summed E-state index contributed by atoms with van der Waals surface area (Å²) in [7, 11) is 0. The molecule has 1 aromatic rings. The van der Waals surface area contributed by atoms with Crippen molar-refractivity contribution in [3.63, 3.8) is 0 Å². The molecule has 1 aromatic carbocycles. The van der Waals surface area contributed by atoms with Crippen LogP contribution in [0.25, 0.3) is 0 Å². The quantitative estimate of drug-likeness (QED) is 0.603. The van der Waals surface area contributed by atoms with E-state index in [4.69, 9.17) is 9.47 Å². The molecule has 4 heteroatoms. The lowest BCUT2D eigenvalue weighted by Crippen LogP contribution is -2.30. The number of carbonyl (C=O) groups excluding carboxylic acids is 2. The molecule has 1 aliphatic rings. The summed E-state index contributed by atoms with van der Waals surface area (Å²) >= 11 is 0. The molecule has 1 heterocycles. The smallest absolute Gasteiger partial charge is 0.343 e. The molecule has 3 atom stereocenters. The molecule has 4 nitrogen and oxygen atoms in total. The van der Waals surface area contributed by atoms with Gasteiger partial charge in [-0.15, -0.1) is 0 Å². The van der Waals surface area contributed by atoms with E-state index in [1.54, 1.807) is 13.8 Å². The van der Waals surface area contributed by atoms with E-state index in [1.807, 2.05) is 30.3 Å². The Morgan fingerprint density at radius 2 is 2.00 bits per heavy atom. The zero-order valence-electron chi connectivity index (χ0n) is 10.5. The Kier molecular flexibility index (Phi) is 3.77. The van der Waals surface area contributed by atoms with Crippen LogP contribution in [-0.4, -0.2) is 30.6 Å². The highest BCUT2D eigenvalue weighted by molar-refractivity contribution is 6.06. The van der Waals surface area contributed by atoms with Crippen LogP contribution < -0.4 is 0 Å². The number of esters is 1. The standard InChI is InChI=1S/C14H16O4/c1-3-17-14(16)13-12(15)11(9(2)18-13)10-7-5-4-6-8-10/h4-9,11,13H,3H2,1-2H3/t9-,11+,13+/m1/s1. The Bertz CT molecular complexity index is 440. The second kappa shape index (κ2) is 5.31. The van der Waals surface area contributed by atoms with Crippen LogP contribution in [0.3, 0.4) is 0 Å². The van der Waals surface area contributed by atoms with Gasteiger partial charge in [0.2, 0.25) is 6.10 Å². The summed E-state index contributed by atoms with van der Waals surface area (Å²) in [5.41, 5.74) is 0.877. The zero-order valence-corrected chi connectivity index (χ0v) is 10.5. The van der Waals surface area contributed by atoms with Crippen LogP contribution in [0, 0.1) is 0 Å². The Morgan fingerprint density at radius 3 is 2.61 bits per heavy atom. The highest BCUT2D eigenvalue weighted by atomic mass is 16.6. The van der Waals surface area contributed by atoms with Crippen molar-refractivity contribution in [2.24, 2.45) is 0 Å². The van der Waals surface area contributed by atoms with Gasteiger partial charge >= 0.3 is 5.97 Å². The van der Waals surface area contributed by atoms with Crippen molar-refractivity contribution in [2.75, 3.05) is 6.61 Å². The monoisotopic (exact) mass is 248 g/mol. The third kappa shape index (κ3) is 2.29. The van der Waals surface area contributed by atoms with Crippen molar-refractivity contribution in [2.45, 2.75) is 32.0 Å². The van der Waals surface area contributed by atoms with Crippen molar-refractivity contribution in [1.29, 1.82) is 0 Å². The van der Waals surface area contributed by atoms with Crippen molar-refractivity contribution in [1.82, 2.24) is 0 Å². The first kappa shape index (κ1) is 12.8. The summed E-state index contributed by atoms with van der Waals surface area (Å²) in [5.74, 6) is -1.19. The minimum Gasteiger partial charge on any atom is -0.464 e. The summed E-state index contributed by atoms with van der Waals surface area (Å²) in [6, 6.07) is 9.36. The third-order valence-electron chi connectivity index (χ3n) is 3.04. The zero-order chi connectivity index (χ0) is 13.1. The molecule has 0 radical (unpaired) electrons. The summed E-state index contributed by atoms with van der Waals surface area (Å²) in [4.78, 5) is 23.8. The molecule has 0 unspecified atom stereocenters. The fraction of sp³-hybridized carbons (Fsp3) is 0.429. The minimum absolute atomic E-state index is 0.216. The average Bonchev–Trinajstić information content (AvgIpc) is 2.66. The van der Waals surface area contributed by atoms with Gasteiger partial charge in [-0.05, 0) is 19.4 Å². The molecule has 18 heavy (non-hydrogen) atoms. The van der Waals surface area contributed by atoms with E-state index < -0.39 is 12.1 Å². The maximum Gasteiger partial charge on any atom is 0.343 e. The van der Waals surface area contributed by atoms with E-state index in [1.165, 1.54) is 0 Å². The maximum atomic E-state index is 12.2. The lowest BCUT2D eigenvalue weighted by Gasteiger charge is -2.11. The predicted octanol–water partition coefficient (Wildman–Crippen LogP) is 1.69. The van der Waals surface area contributed by atoms with Crippen LogP contribution in [0.2, 0.25) is 0 Å². The molecule has 0 aromatic heterocycles. The van der Waals surface area contributed by atoms with Crippen molar-refractivity contribution >= 4 is 11.8 Å². The second-order valence-electron chi connectivity index (χ2n) is 4.26. The average molecular weight is 248 g/mol. The highest BCUT2D eigenvalue weighted by Crippen LogP contribution is 2.32. The molecule has 0 saturated carbocycles. The highest BCUT2D eigenvalue weighted by Gasteiger charge is 2.46. The van der Waals surface area contributed by atoms with Crippen LogP contribution in [-0.2, 0) is 19.1 Å². The van der Waals surface area contributed by atoms with E-state index >= 15 is 0 Å². The fourth-order valence-electron chi connectivity index (χ4n) is 2.24. The normalized spacial score (nSPS) is 27.2. The number of Topliss-reactive ketones (excluding diaryl/α,β-unsaturated/α-hetero) is 1. The van der Waals surface area contributed by atoms with Crippen molar-refractivity contribution < 1.29 is 19.1 Å². The van der Waals surface area contributed by atoms with Gasteiger partial charge in [0, 0.05) is 0 Å². The Balaban J connectivity index is 2.20. The van der Waals surface area contributed by atoms with E-state index in [0.717, 1.165) is 5.56 Å². The molecule has 1 saturated heterocycles. The van der Waals surface area contributed by atoms with E-state index in [-0.39, 0.29) is 24.4 Å². The molecule has 1 aliphatic heterocycles. The molecular formula is C14H16O4. The SMILES string of the molecule is CCOC(=O)[C@H]1O[C@H](C)[C@@H](c2ccccc2)C1=O. The van der Waals surface area contributed by atoms with Gasteiger partial charge in [0.25, 0.3) is 0 Å². The van der Waals surface area contributed by atoms with E-state index in [0.29, 0.717) is 0 Å². The van der Waals surface area contributed by atoms with Gasteiger partial charge in [-0.1, -0.05) is 30.3 Å². The summed E-state index contributed by atoms with van der Waals surface area (Å²) in [6.45, 7) is 3.75. The van der Waals surface area contributed by atoms with Gasteiger partial charge in [-0.25, -0.2) is 4.79 Å². The number of hydrogen-bond acceptors (Lipinski definition) is 4. The molecule has 2 rings (SSSR count). The molecule has 0 N–H and O–H groups in total. The van der Waals surface area contributed by atoms with Gasteiger partial charge in [0.1, 0.15) is 0 Å². The van der Waals surface area contributed by atoms with Gasteiger partial charge in [0.05, 0.1) is 18.6 Å². The maximum absolute atomic E-state index is 12.2. The van der Waals surface area contributed by atoms with Crippen LogP contribution in [0.15, 0.2) is 30.3 Å². The van der Waals surface area contributed by atoms with Crippen molar-refractivity contribution in [3.05, 3.63) is 35.9 Å². The summed E-state index contributed by atoms with van der Waals surface area (Å²) in [6.07, 6.45) is -1.39. The van der Waals surface area contributed by atoms with E-state index in [2.05, 4.69) is 0 Å². The number of ether oxygens (including phenoxy) is 2. The number of carbonyl (C=O) groups is 2. The number of rotatable bonds is 3. The Morgan fingerprint density at radius 1 is 1.33 bits per heavy atom. The molecule has 0 bridgehead atoms. The first-order valence-electron chi connectivity index (χ1n) is 6.06. The minimum atomic E-state index is -1.08. The van der Waals surface area contributed by atoms with E-state index in [9.17, 15) is 9.59 Å². The fourth-order valence-corrected chi connectivity index (χ4v) is 2.24. The predicted molar refractivity (Wildman–Crippen MR) is 65.2 cm³/mol. The van der Waals surface area contributed by atoms with Gasteiger partial charge in [-0.2, -0.15) is 0 Å². The Hall–Kier alpha value is -1.68. The molecule has 0 aliphatic carbocycles. The summed E-state index contributed by atoms with van der Waals surface area (Å²) in [5, 5.41) is 0.